The van der Waals surface area contributed by atoms with Crippen molar-refractivity contribution in [3.8, 4) is 45.0 Å². The summed E-state index contributed by atoms with van der Waals surface area (Å²) in [6.45, 7) is 0. The molecule has 0 atom stereocenters. The van der Waals surface area contributed by atoms with Gasteiger partial charge in [-0.3, -0.25) is 8.80 Å². The molecule has 0 saturated heterocycles. The average molecular weight is 589 g/mol. The molecule has 0 spiro atoms. The fourth-order valence-corrected chi connectivity index (χ4v) is 6.71. The number of nitrogens with zero attached hydrogens (tertiary/aromatic N) is 4. The van der Waals surface area contributed by atoms with Crippen LogP contribution in [0.3, 0.4) is 0 Å². The molecule has 0 fully saturated rings. The summed E-state index contributed by atoms with van der Waals surface area (Å²) >= 11 is 0. The van der Waals surface area contributed by atoms with Crippen molar-refractivity contribution in [3.05, 3.63) is 170 Å². The number of fused-ring (bicyclic) bond motifs is 8. The number of rotatable bonds is 4. The predicted octanol–water partition coefficient (Wildman–Crippen LogP) is 10.5. The lowest BCUT2D eigenvalue weighted by atomic mass is 10.0. The molecule has 4 heteroatoms. The highest BCUT2D eigenvalue weighted by atomic mass is 15.1. The number of para-hydroxylation sites is 2. The van der Waals surface area contributed by atoms with E-state index >= 15 is 0 Å². The molecule has 6 aromatic carbocycles. The number of aromatic nitrogens is 4. The van der Waals surface area contributed by atoms with Gasteiger partial charge < -0.3 is 0 Å². The van der Waals surface area contributed by atoms with Crippen molar-refractivity contribution >= 4 is 33.1 Å². The van der Waals surface area contributed by atoms with Crippen molar-refractivity contribution < 1.29 is 0 Å². The molecule has 216 valence electrons. The Hall–Kier alpha value is -6.26. The highest BCUT2D eigenvalue weighted by Gasteiger charge is 2.23. The van der Waals surface area contributed by atoms with Crippen LogP contribution in [0.5, 0.6) is 0 Å². The molecule has 4 nitrogen and oxygen atoms in total. The molecular weight excluding hydrogens is 560 g/mol. The van der Waals surface area contributed by atoms with Crippen LogP contribution in [0.25, 0.3) is 78.1 Å². The lowest BCUT2D eigenvalue weighted by Crippen LogP contribution is -1.97. The molecule has 3 aromatic heterocycles. The molecule has 0 saturated carbocycles. The zero-order chi connectivity index (χ0) is 30.5. The van der Waals surface area contributed by atoms with Crippen molar-refractivity contribution in [3.63, 3.8) is 0 Å². The Morgan fingerprint density at radius 3 is 0.978 bits per heavy atom. The Kier molecular flexibility index (Phi) is 6.10. The van der Waals surface area contributed by atoms with Gasteiger partial charge in [0.15, 0.2) is 0 Å². The topological polar surface area (TPSA) is 34.6 Å². The van der Waals surface area contributed by atoms with Crippen LogP contribution < -0.4 is 0 Å². The quantitative estimate of drug-likeness (QED) is 0.205. The summed E-state index contributed by atoms with van der Waals surface area (Å²) in [7, 11) is 0. The molecule has 0 aliphatic heterocycles. The van der Waals surface area contributed by atoms with Gasteiger partial charge in [0.2, 0.25) is 0 Å². The Balaban J connectivity index is 1.59. The Labute approximate surface area is 266 Å². The molecule has 0 N–H and O–H groups in total. The molecule has 0 aliphatic rings. The number of benzene rings is 6. The van der Waals surface area contributed by atoms with E-state index in [2.05, 4.69) is 179 Å². The van der Waals surface area contributed by atoms with E-state index in [9.17, 15) is 0 Å². The molecule has 9 aromatic rings. The maximum atomic E-state index is 5.48. The molecule has 9 rings (SSSR count). The van der Waals surface area contributed by atoms with E-state index in [1.54, 1.807) is 0 Å². The number of hydrogen-bond acceptors (Lipinski definition) is 2. The van der Waals surface area contributed by atoms with Crippen LogP contribution in [0.15, 0.2) is 170 Å². The minimum Gasteiger partial charge on any atom is -0.290 e. The standard InChI is InChI=1S/C42H28N4/c1-5-17-29(18-6-1)37-39(31-21-9-3-10-22-31)45-35-27-15-16-28-36(35)46-40(32-23-11-4-12-24-32)38(30-19-7-2-8-20-30)44-42(46)34-26-14-13-25-33(34)41(45)43-37/h1-28H. The minimum atomic E-state index is 0.887. The third-order valence-corrected chi connectivity index (χ3v) is 8.72. The van der Waals surface area contributed by atoms with Crippen LogP contribution in [-0.2, 0) is 0 Å². The molecular formula is C42H28N4. The fourth-order valence-electron chi connectivity index (χ4n) is 6.71. The van der Waals surface area contributed by atoms with Gasteiger partial charge in [-0.2, -0.15) is 0 Å². The third-order valence-electron chi connectivity index (χ3n) is 8.72. The molecule has 0 bridgehead atoms. The lowest BCUT2D eigenvalue weighted by Gasteiger charge is -2.12. The van der Waals surface area contributed by atoms with Crippen molar-refractivity contribution in [1.29, 1.82) is 0 Å². The largest absolute Gasteiger partial charge is 0.290 e. The van der Waals surface area contributed by atoms with Crippen molar-refractivity contribution in [2.24, 2.45) is 0 Å². The van der Waals surface area contributed by atoms with Crippen LogP contribution in [0.4, 0.5) is 0 Å². The lowest BCUT2D eigenvalue weighted by molar-refractivity contribution is 1.22. The van der Waals surface area contributed by atoms with Crippen LogP contribution >= 0.6 is 0 Å². The van der Waals surface area contributed by atoms with E-state index in [-0.39, 0.29) is 0 Å². The second-order valence-corrected chi connectivity index (χ2v) is 11.4. The van der Waals surface area contributed by atoms with Gasteiger partial charge in [-0.1, -0.05) is 158 Å². The van der Waals surface area contributed by atoms with Gasteiger partial charge in [0.25, 0.3) is 0 Å². The molecule has 0 unspecified atom stereocenters. The van der Waals surface area contributed by atoms with E-state index in [1.165, 1.54) is 0 Å². The SMILES string of the molecule is c1ccc(-c2nc3c4ccccc4c4nc(-c5ccccc5)c(-c5ccccc5)n4c4ccccc4n3c2-c2ccccc2)cc1. The van der Waals surface area contributed by atoms with E-state index < -0.39 is 0 Å². The van der Waals surface area contributed by atoms with Gasteiger partial charge in [0.05, 0.1) is 33.8 Å². The Morgan fingerprint density at radius 2 is 0.609 bits per heavy atom. The van der Waals surface area contributed by atoms with Crippen LogP contribution in [0.2, 0.25) is 0 Å². The monoisotopic (exact) mass is 588 g/mol. The van der Waals surface area contributed by atoms with Crippen LogP contribution in [-0.4, -0.2) is 18.8 Å². The number of imidazole rings is 2. The van der Waals surface area contributed by atoms with Gasteiger partial charge in [-0.25, -0.2) is 9.97 Å². The summed E-state index contributed by atoms with van der Waals surface area (Å²) in [6, 6.07) is 59.4. The van der Waals surface area contributed by atoms with Gasteiger partial charge in [-0.05, 0) is 12.1 Å². The first-order valence-electron chi connectivity index (χ1n) is 15.5. The van der Waals surface area contributed by atoms with E-state index in [0.717, 1.165) is 78.1 Å². The zero-order valence-corrected chi connectivity index (χ0v) is 25.0. The second-order valence-electron chi connectivity index (χ2n) is 11.4. The predicted molar refractivity (Wildman–Crippen MR) is 190 cm³/mol. The van der Waals surface area contributed by atoms with Crippen molar-refractivity contribution in [2.45, 2.75) is 0 Å². The molecule has 0 amide bonds. The van der Waals surface area contributed by atoms with E-state index in [0.29, 0.717) is 0 Å². The maximum absolute atomic E-state index is 5.48. The molecule has 0 aliphatic carbocycles. The first kappa shape index (κ1) is 26.2. The summed E-state index contributed by atoms with van der Waals surface area (Å²) in [5.41, 5.74) is 12.2. The summed E-state index contributed by atoms with van der Waals surface area (Å²) in [6.07, 6.45) is 0. The summed E-state index contributed by atoms with van der Waals surface area (Å²) in [5, 5.41) is 2.06. The zero-order valence-electron chi connectivity index (χ0n) is 25.0. The summed E-state index contributed by atoms with van der Waals surface area (Å²) in [5.74, 6) is 0. The third kappa shape index (κ3) is 4.08. The first-order chi connectivity index (χ1) is 22.9. The van der Waals surface area contributed by atoms with Crippen LogP contribution in [0.1, 0.15) is 0 Å². The van der Waals surface area contributed by atoms with Gasteiger partial charge in [0.1, 0.15) is 11.3 Å². The first-order valence-corrected chi connectivity index (χ1v) is 15.5. The minimum absolute atomic E-state index is 0.887. The summed E-state index contributed by atoms with van der Waals surface area (Å²) in [4.78, 5) is 11.0. The Morgan fingerprint density at radius 1 is 0.304 bits per heavy atom. The van der Waals surface area contributed by atoms with Crippen LogP contribution in [0, 0.1) is 0 Å². The van der Waals surface area contributed by atoms with Gasteiger partial charge >= 0.3 is 0 Å². The normalized spacial score (nSPS) is 11.5. The van der Waals surface area contributed by atoms with Gasteiger partial charge in [0, 0.05) is 33.0 Å². The average Bonchev–Trinajstić information content (AvgIpc) is 3.73. The highest BCUT2D eigenvalue weighted by Crippen LogP contribution is 2.40. The van der Waals surface area contributed by atoms with Gasteiger partial charge in [-0.15, -0.1) is 0 Å². The van der Waals surface area contributed by atoms with Crippen molar-refractivity contribution in [2.75, 3.05) is 0 Å². The fraction of sp³-hybridized carbons (Fsp3) is 0. The Bertz CT molecular complexity index is 2370. The maximum Gasteiger partial charge on any atom is 0.146 e. The van der Waals surface area contributed by atoms with E-state index in [1.807, 2.05) is 0 Å². The number of hydrogen-bond donors (Lipinski definition) is 0. The van der Waals surface area contributed by atoms with E-state index in [4.69, 9.17) is 9.97 Å². The second kappa shape index (κ2) is 10.7. The summed E-state index contributed by atoms with van der Waals surface area (Å²) < 4.78 is 4.71. The van der Waals surface area contributed by atoms with Crippen molar-refractivity contribution in [1.82, 2.24) is 18.8 Å². The highest BCUT2D eigenvalue weighted by molar-refractivity contribution is 6.07. The molecule has 46 heavy (non-hydrogen) atoms. The molecule has 3 heterocycles. The molecule has 0 radical (unpaired) electrons. The smallest absolute Gasteiger partial charge is 0.146 e.